The second-order valence-corrected chi connectivity index (χ2v) is 5.34. The van der Waals surface area contributed by atoms with Gasteiger partial charge in [-0.3, -0.25) is 14.7 Å². The molecule has 2 aromatic rings. The summed E-state index contributed by atoms with van der Waals surface area (Å²) in [5.74, 6) is -0.0184. The lowest BCUT2D eigenvalue weighted by Gasteiger charge is -2.11. The third kappa shape index (κ3) is 2.92. The van der Waals surface area contributed by atoms with Gasteiger partial charge in [0.15, 0.2) is 0 Å². The Labute approximate surface area is 121 Å². The van der Waals surface area contributed by atoms with Crippen LogP contribution in [0.1, 0.15) is 12.8 Å². The number of aliphatic carboxylic acids is 1. The Morgan fingerprint density at radius 1 is 1.48 bits per heavy atom. The monoisotopic (exact) mass is 288 g/mol. The van der Waals surface area contributed by atoms with E-state index in [4.69, 9.17) is 9.63 Å². The number of nitrogens with zero attached hydrogens (tertiary/aromatic N) is 4. The summed E-state index contributed by atoms with van der Waals surface area (Å²) < 4.78 is 5.22. The number of carboxylic acids is 1. The first-order valence-electron chi connectivity index (χ1n) is 6.82. The van der Waals surface area contributed by atoms with E-state index >= 15 is 0 Å². The van der Waals surface area contributed by atoms with Gasteiger partial charge in [-0.1, -0.05) is 18.1 Å². The van der Waals surface area contributed by atoms with Crippen LogP contribution < -0.4 is 0 Å². The zero-order valence-corrected chi connectivity index (χ0v) is 11.6. The van der Waals surface area contributed by atoms with E-state index in [-0.39, 0.29) is 11.8 Å². The first-order valence-corrected chi connectivity index (χ1v) is 6.82. The van der Waals surface area contributed by atoms with E-state index in [9.17, 15) is 4.79 Å². The Kier molecular flexibility index (Phi) is 3.66. The predicted octanol–water partition coefficient (Wildman–Crippen LogP) is 1.28. The average Bonchev–Trinajstić information content (AvgIpc) is 3.07. The van der Waals surface area contributed by atoms with Crippen molar-refractivity contribution in [2.75, 3.05) is 13.1 Å². The first-order chi connectivity index (χ1) is 10.1. The van der Waals surface area contributed by atoms with Crippen LogP contribution in [0.3, 0.4) is 0 Å². The molecule has 0 saturated carbocycles. The van der Waals surface area contributed by atoms with Gasteiger partial charge in [0.2, 0.25) is 11.7 Å². The fourth-order valence-corrected chi connectivity index (χ4v) is 2.63. The van der Waals surface area contributed by atoms with E-state index in [0.717, 1.165) is 6.54 Å². The molecule has 0 aliphatic carbocycles. The molecule has 3 heterocycles. The van der Waals surface area contributed by atoms with Crippen molar-refractivity contribution >= 4 is 5.97 Å². The number of carboxylic acid groups (broad SMARTS) is 1. The molecule has 2 aromatic heterocycles. The van der Waals surface area contributed by atoms with E-state index in [1.165, 1.54) is 0 Å². The lowest BCUT2D eigenvalue weighted by Crippen LogP contribution is -2.23. The Morgan fingerprint density at radius 2 is 2.33 bits per heavy atom. The smallest absolute Gasteiger partial charge is 0.308 e. The Hall–Kier alpha value is -2.28. The molecule has 21 heavy (non-hydrogen) atoms. The summed E-state index contributed by atoms with van der Waals surface area (Å²) >= 11 is 0. The van der Waals surface area contributed by atoms with Crippen LogP contribution in [0.25, 0.3) is 11.5 Å². The topological polar surface area (TPSA) is 92.4 Å². The van der Waals surface area contributed by atoms with Gasteiger partial charge in [0.05, 0.1) is 12.5 Å². The van der Waals surface area contributed by atoms with Gasteiger partial charge in [-0.05, 0) is 18.1 Å². The number of pyridine rings is 1. The molecule has 0 amide bonds. The van der Waals surface area contributed by atoms with Crippen molar-refractivity contribution in [3.05, 3.63) is 30.3 Å². The van der Waals surface area contributed by atoms with Crippen molar-refractivity contribution in [3.8, 4) is 11.5 Å². The number of hydrogen-bond donors (Lipinski definition) is 1. The molecule has 7 heteroatoms. The van der Waals surface area contributed by atoms with E-state index in [1.807, 2.05) is 30.0 Å². The van der Waals surface area contributed by atoms with E-state index < -0.39 is 5.97 Å². The summed E-state index contributed by atoms with van der Waals surface area (Å²) in [6.07, 6.45) is 1.67. The van der Waals surface area contributed by atoms with Crippen LogP contribution in [0.4, 0.5) is 0 Å². The van der Waals surface area contributed by atoms with Crippen LogP contribution in [0.15, 0.2) is 28.9 Å². The van der Waals surface area contributed by atoms with Gasteiger partial charge in [-0.2, -0.15) is 4.98 Å². The van der Waals surface area contributed by atoms with Gasteiger partial charge >= 0.3 is 5.97 Å². The molecular formula is C14H16N4O3. The summed E-state index contributed by atoms with van der Waals surface area (Å²) in [5.41, 5.74) is 0.658. The maximum absolute atomic E-state index is 11.1. The third-order valence-corrected chi connectivity index (χ3v) is 3.73. The number of aromatic nitrogens is 3. The standard InChI is InChI=1S/C14H16N4O3/c1-9-6-18(7-10(9)14(19)20)8-12-16-13(17-21-12)11-4-2-3-5-15-11/h2-5,9-10H,6-8H2,1H3,(H,19,20)/t9-,10-/m1/s1. The molecule has 0 aromatic carbocycles. The van der Waals surface area contributed by atoms with Crippen LogP contribution in [-0.4, -0.2) is 44.2 Å². The van der Waals surface area contributed by atoms with Crippen LogP contribution in [0, 0.1) is 11.8 Å². The zero-order chi connectivity index (χ0) is 14.8. The first kappa shape index (κ1) is 13.7. The van der Waals surface area contributed by atoms with E-state index in [1.54, 1.807) is 6.20 Å². The van der Waals surface area contributed by atoms with Crippen LogP contribution in [0.2, 0.25) is 0 Å². The fourth-order valence-electron chi connectivity index (χ4n) is 2.63. The molecule has 2 atom stereocenters. The van der Waals surface area contributed by atoms with Crippen molar-refractivity contribution in [1.29, 1.82) is 0 Å². The van der Waals surface area contributed by atoms with Crippen molar-refractivity contribution in [1.82, 2.24) is 20.0 Å². The number of carbonyl (C=O) groups is 1. The normalized spacial score (nSPS) is 22.5. The number of likely N-dealkylation sites (tertiary alicyclic amines) is 1. The van der Waals surface area contributed by atoms with Gasteiger partial charge in [-0.25, -0.2) is 0 Å². The second kappa shape index (κ2) is 5.61. The van der Waals surface area contributed by atoms with Crippen molar-refractivity contribution in [3.63, 3.8) is 0 Å². The Bertz CT molecular complexity index is 628. The highest BCUT2D eigenvalue weighted by molar-refractivity contribution is 5.71. The number of rotatable bonds is 4. The van der Waals surface area contributed by atoms with Crippen molar-refractivity contribution in [2.24, 2.45) is 11.8 Å². The fraction of sp³-hybridized carbons (Fsp3) is 0.429. The number of hydrogen-bond acceptors (Lipinski definition) is 6. The van der Waals surface area contributed by atoms with E-state index in [0.29, 0.717) is 30.5 Å². The molecule has 1 N–H and O–H groups in total. The quantitative estimate of drug-likeness (QED) is 0.906. The van der Waals surface area contributed by atoms with Crippen molar-refractivity contribution < 1.29 is 14.4 Å². The molecule has 0 spiro atoms. The highest BCUT2D eigenvalue weighted by Crippen LogP contribution is 2.24. The van der Waals surface area contributed by atoms with Gasteiger partial charge in [0.25, 0.3) is 0 Å². The summed E-state index contributed by atoms with van der Waals surface area (Å²) in [6, 6.07) is 5.49. The second-order valence-electron chi connectivity index (χ2n) is 5.34. The summed E-state index contributed by atoms with van der Waals surface area (Å²) in [6.45, 7) is 3.65. The lowest BCUT2D eigenvalue weighted by atomic mass is 9.99. The van der Waals surface area contributed by atoms with Gasteiger partial charge < -0.3 is 9.63 Å². The minimum absolute atomic E-state index is 0.126. The SMILES string of the molecule is C[C@@H]1CN(Cc2nc(-c3ccccn3)no2)C[C@H]1C(=O)O. The third-order valence-electron chi connectivity index (χ3n) is 3.73. The maximum Gasteiger partial charge on any atom is 0.308 e. The average molecular weight is 288 g/mol. The molecule has 7 nitrogen and oxygen atoms in total. The Balaban J connectivity index is 1.67. The lowest BCUT2D eigenvalue weighted by molar-refractivity contribution is -0.142. The molecule has 0 radical (unpaired) electrons. The highest BCUT2D eigenvalue weighted by atomic mass is 16.5. The van der Waals surface area contributed by atoms with Crippen LogP contribution >= 0.6 is 0 Å². The summed E-state index contributed by atoms with van der Waals surface area (Å²) in [7, 11) is 0. The van der Waals surface area contributed by atoms with Gasteiger partial charge in [-0.15, -0.1) is 0 Å². The largest absolute Gasteiger partial charge is 0.481 e. The molecular weight excluding hydrogens is 272 g/mol. The maximum atomic E-state index is 11.1. The molecule has 1 fully saturated rings. The molecule has 1 saturated heterocycles. The Morgan fingerprint density at radius 3 is 3.00 bits per heavy atom. The summed E-state index contributed by atoms with van der Waals surface area (Å²) in [5, 5.41) is 13.0. The molecule has 0 unspecified atom stereocenters. The predicted molar refractivity (Wildman–Crippen MR) is 73.1 cm³/mol. The highest BCUT2D eigenvalue weighted by Gasteiger charge is 2.35. The minimum Gasteiger partial charge on any atom is -0.481 e. The van der Waals surface area contributed by atoms with Gasteiger partial charge in [0.1, 0.15) is 5.69 Å². The van der Waals surface area contributed by atoms with Crippen molar-refractivity contribution in [2.45, 2.75) is 13.5 Å². The zero-order valence-electron chi connectivity index (χ0n) is 11.6. The van der Waals surface area contributed by atoms with Gasteiger partial charge in [0, 0.05) is 19.3 Å². The molecule has 110 valence electrons. The molecule has 1 aliphatic heterocycles. The molecule has 3 rings (SSSR count). The van der Waals surface area contributed by atoms with Crippen LogP contribution in [-0.2, 0) is 11.3 Å². The minimum atomic E-state index is -0.746. The van der Waals surface area contributed by atoms with E-state index in [2.05, 4.69) is 15.1 Å². The molecule has 0 bridgehead atoms. The molecule has 1 aliphatic rings. The summed E-state index contributed by atoms with van der Waals surface area (Å²) in [4.78, 5) is 21.6. The van der Waals surface area contributed by atoms with Crippen LogP contribution in [0.5, 0.6) is 0 Å².